The molecule has 1 amide bonds. The van der Waals surface area contributed by atoms with Crippen molar-refractivity contribution < 1.29 is 9.59 Å². The Morgan fingerprint density at radius 1 is 0.781 bits per heavy atom. The van der Waals surface area contributed by atoms with Crippen LogP contribution < -0.4 is 5.32 Å². The Morgan fingerprint density at radius 2 is 1.56 bits per heavy atom. The first-order valence-electron chi connectivity index (χ1n) is 10.0. The van der Waals surface area contributed by atoms with Crippen LogP contribution in [0.5, 0.6) is 0 Å². The van der Waals surface area contributed by atoms with Gasteiger partial charge in [0.2, 0.25) is 0 Å². The highest BCUT2D eigenvalue weighted by molar-refractivity contribution is 7.21. The number of fused-ring (bicyclic) bond motifs is 1. The molecule has 32 heavy (non-hydrogen) atoms. The van der Waals surface area contributed by atoms with Crippen molar-refractivity contribution in [2.45, 2.75) is 0 Å². The van der Waals surface area contributed by atoms with E-state index in [1.807, 2.05) is 42.5 Å². The molecule has 154 valence electrons. The molecule has 0 aliphatic rings. The van der Waals surface area contributed by atoms with Gasteiger partial charge >= 0.3 is 0 Å². The van der Waals surface area contributed by atoms with Gasteiger partial charge in [-0.1, -0.05) is 72.0 Å². The average molecular weight is 436 g/mol. The highest BCUT2D eigenvalue weighted by atomic mass is 32.1. The Balaban J connectivity index is 1.43. The van der Waals surface area contributed by atoms with Crippen molar-refractivity contribution >= 4 is 39.1 Å². The third-order valence-corrected chi connectivity index (χ3v) is 6.01. The summed E-state index contributed by atoms with van der Waals surface area (Å²) in [5.41, 5.74) is 3.59. The molecule has 0 aliphatic heterocycles. The summed E-state index contributed by atoms with van der Waals surface area (Å²) in [7, 11) is 0. The number of carbonyl (C=O) groups is 2. The zero-order chi connectivity index (χ0) is 21.9. The number of nitrogens with zero attached hydrogens (tertiary/aromatic N) is 2. The molecule has 0 aliphatic carbocycles. The van der Waals surface area contributed by atoms with Crippen molar-refractivity contribution in [3.63, 3.8) is 0 Å². The zero-order valence-electron chi connectivity index (χ0n) is 16.9. The molecule has 5 rings (SSSR count). The first-order valence-corrected chi connectivity index (χ1v) is 10.8. The van der Waals surface area contributed by atoms with Gasteiger partial charge < -0.3 is 5.32 Å². The molecule has 1 N–H and O–H groups in total. The van der Waals surface area contributed by atoms with Crippen LogP contribution in [0, 0.1) is 0 Å². The molecule has 0 atom stereocenters. The van der Waals surface area contributed by atoms with E-state index in [1.165, 1.54) is 11.3 Å². The average Bonchev–Trinajstić information content (AvgIpc) is 3.29. The van der Waals surface area contributed by atoms with Crippen LogP contribution in [0.4, 0.5) is 5.69 Å². The molecule has 0 fully saturated rings. The van der Waals surface area contributed by atoms with Gasteiger partial charge in [-0.3, -0.25) is 9.59 Å². The normalized spacial score (nSPS) is 10.8. The van der Waals surface area contributed by atoms with Crippen LogP contribution in [0.3, 0.4) is 0 Å². The topological polar surface area (TPSA) is 72.0 Å². The van der Waals surface area contributed by atoms with Gasteiger partial charge in [0.05, 0.1) is 5.56 Å². The lowest BCUT2D eigenvalue weighted by Gasteiger charge is -2.10. The predicted molar refractivity (Wildman–Crippen MR) is 127 cm³/mol. The predicted octanol–water partition coefficient (Wildman–Crippen LogP) is 5.84. The van der Waals surface area contributed by atoms with Crippen molar-refractivity contribution in [3.8, 4) is 10.6 Å². The smallest absolute Gasteiger partial charge is 0.256 e. The SMILES string of the molecule is O=C(Nc1cccc(-c2nc3cccnc3s2)c1)c1ccccc1C(=O)c1ccccc1. The maximum atomic E-state index is 13.1. The first-order chi connectivity index (χ1) is 15.7. The van der Waals surface area contributed by atoms with Crippen LogP contribution in [0.25, 0.3) is 20.9 Å². The van der Waals surface area contributed by atoms with E-state index in [1.54, 1.807) is 54.7 Å². The van der Waals surface area contributed by atoms with E-state index in [-0.39, 0.29) is 11.7 Å². The lowest BCUT2D eigenvalue weighted by atomic mass is 9.98. The standard InChI is InChI=1S/C26H17N3O2S/c30-23(17-8-2-1-3-9-17)20-12-4-5-13-21(20)24(31)28-19-11-6-10-18(16-19)25-29-22-14-7-15-27-26(22)32-25/h1-16H,(H,28,31). The summed E-state index contributed by atoms with van der Waals surface area (Å²) in [5.74, 6) is -0.528. The second-order valence-corrected chi connectivity index (χ2v) is 8.10. The second-order valence-electron chi connectivity index (χ2n) is 7.12. The van der Waals surface area contributed by atoms with Crippen LogP contribution in [0.15, 0.2) is 97.2 Å². The largest absolute Gasteiger partial charge is 0.322 e. The molecule has 0 saturated heterocycles. The van der Waals surface area contributed by atoms with Crippen LogP contribution in [-0.2, 0) is 0 Å². The van der Waals surface area contributed by atoms with Gasteiger partial charge in [0.1, 0.15) is 15.4 Å². The maximum Gasteiger partial charge on any atom is 0.256 e. The number of hydrogen-bond acceptors (Lipinski definition) is 5. The molecule has 6 heteroatoms. The van der Waals surface area contributed by atoms with Crippen LogP contribution in [0.1, 0.15) is 26.3 Å². The first kappa shape index (κ1) is 19.8. The molecule has 3 aromatic carbocycles. The number of amides is 1. The molecule has 5 aromatic rings. The molecule has 0 bridgehead atoms. The number of carbonyl (C=O) groups excluding carboxylic acids is 2. The van der Waals surface area contributed by atoms with E-state index < -0.39 is 0 Å². The van der Waals surface area contributed by atoms with E-state index in [0.29, 0.717) is 22.4 Å². The fourth-order valence-electron chi connectivity index (χ4n) is 3.45. The number of aromatic nitrogens is 2. The van der Waals surface area contributed by atoms with Gasteiger partial charge in [0.25, 0.3) is 5.91 Å². The van der Waals surface area contributed by atoms with Crippen molar-refractivity contribution in [1.29, 1.82) is 0 Å². The maximum absolute atomic E-state index is 13.1. The van der Waals surface area contributed by atoms with E-state index in [2.05, 4.69) is 15.3 Å². The number of ketones is 1. The summed E-state index contributed by atoms with van der Waals surface area (Å²) in [4.78, 5) is 35.9. The van der Waals surface area contributed by atoms with Crippen LogP contribution in [0.2, 0.25) is 0 Å². The molecule has 2 aromatic heterocycles. The molecular formula is C26H17N3O2S. The van der Waals surface area contributed by atoms with Gasteiger partial charge in [-0.05, 0) is 30.3 Å². The van der Waals surface area contributed by atoms with Gasteiger partial charge in [-0.2, -0.15) is 0 Å². The molecule has 0 spiro atoms. The Bertz CT molecular complexity index is 1410. The summed E-state index contributed by atoms with van der Waals surface area (Å²) in [6.45, 7) is 0. The lowest BCUT2D eigenvalue weighted by Crippen LogP contribution is -2.17. The minimum absolute atomic E-state index is 0.188. The quantitative estimate of drug-likeness (QED) is 0.352. The number of rotatable bonds is 5. The molecule has 2 heterocycles. The number of nitrogens with one attached hydrogen (secondary N) is 1. The highest BCUT2D eigenvalue weighted by Crippen LogP contribution is 2.30. The van der Waals surface area contributed by atoms with Crippen LogP contribution >= 0.6 is 11.3 Å². The number of pyridine rings is 1. The molecule has 0 radical (unpaired) electrons. The van der Waals surface area contributed by atoms with E-state index in [4.69, 9.17) is 0 Å². The summed E-state index contributed by atoms with van der Waals surface area (Å²) in [5, 5.41) is 3.75. The number of anilines is 1. The van der Waals surface area contributed by atoms with Crippen molar-refractivity contribution in [2.24, 2.45) is 0 Å². The van der Waals surface area contributed by atoms with Crippen molar-refractivity contribution in [3.05, 3.63) is 114 Å². The van der Waals surface area contributed by atoms with Gasteiger partial charge in [0, 0.05) is 28.6 Å². The molecule has 0 saturated carbocycles. The summed E-state index contributed by atoms with van der Waals surface area (Å²) in [6, 6.07) is 27.1. The Kier molecular flexibility index (Phi) is 5.27. The third-order valence-electron chi connectivity index (χ3n) is 4.99. The summed E-state index contributed by atoms with van der Waals surface area (Å²) < 4.78 is 0. The minimum Gasteiger partial charge on any atom is -0.322 e. The summed E-state index contributed by atoms with van der Waals surface area (Å²) >= 11 is 1.50. The fraction of sp³-hybridized carbons (Fsp3) is 0. The van der Waals surface area contributed by atoms with Gasteiger partial charge in [0.15, 0.2) is 5.78 Å². The van der Waals surface area contributed by atoms with E-state index in [9.17, 15) is 9.59 Å². The zero-order valence-corrected chi connectivity index (χ0v) is 17.7. The third kappa shape index (κ3) is 3.91. The Labute approximate surface area is 188 Å². The molecule has 0 unspecified atom stereocenters. The fourth-order valence-corrected chi connectivity index (χ4v) is 4.35. The van der Waals surface area contributed by atoms with Gasteiger partial charge in [-0.15, -0.1) is 0 Å². The number of benzene rings is 3. The number of thiazole rings is 1. The monoisotopic (exact) mass is 435 g/mol. The van der Waals surface area contributed by atoms with E-state index >= 15 is 0 Å². The molecular weight excluding hydrogens is 418 g/mol. The van der Waals surface area contributed by atoms with Crippen molar-refractivity contribution in [1.82, 2.24) is 9.97 Å². The minimum atomic E-state index is -0.340. The Hall–Kier alpha value is -4.16. The lowest BCUT2D eigenvalue weighted by molar-refractivity contribution is 0.0996. The highest BCUT2D eigenvalue weighted by Gasteiger charge is 2.18. The molecule has 5 nitrogen and oxygen atoms in total. The number of hydrogen-bond donors (Lipinski definition) is 1. The van der Waals surface area contributed by atoms with Gasteiger partial charge in [-0.25, -0.2) is 9.97 Å². The Morgan fingerprint density at radius 3 is 2.38 bits per heavy atom. The summed E-state index contributed by atoms with van der Waals surface area (Å²) in [6.07, 6.45) is 1.75. The van der Waals surface area contributed by atoms with E-state index in [0.717, 1.165) is 20.9 Å². The second kappa shape index (κ2) is 8.53. The van der Waals surface area contributed by atoms with Crippen LogP contribution in [-0.4, -0.2) is 21.7 Å². The van der Waals surface area contributed by atoms with Crippen molar-refractivity contribution in [2.75, 3.05) is 5.32 Å².